The van der Waals surface area contributed by atoms with Gasteiger partial charge in [-0.25, -0.2) is 8.42 Å². The van der Waals surface area contributed by atoms with Crippen molar-refractivity contribution >= 4 is 31.6 Å². The van der Waals surface area contributed by atoms with E-state index in [2.05, 4.69) is 9.44 Å². The van der Waals surface area contributed by atoms with Crippen LogP contribution in [0.2, 0.25) is 0 Å². The normalized spacial score (nSPS) is 18.2. The summed E-state index contributed by atoms with van der Waals surface area (Å²) in [5.41, 5.74) is 1.64. The second kappa shape index (κ2) is 6.66. The summed E-state index contributed by atoms with van der Waals surface area (Å²) < 4.78 is 54.6. The zero-order valence-electron chi connectivity index (χ0n) is 13.5. The molecule has 0 atom stereocenters. The largest absolute Gasteiger partial charge is 0.299 e. The fourth-order valence-electron chi connectivity index (χ4n) is 2.50. The lowest BCUT2D eigenvalue weighted by molar-refractivity contribution is 0.573. The van der Waals surface area contributed by atoms with Gasteiger partial charge in [0.2, 0.25) is 10.0 Å². The molecule has 1 aromatic carbocycles. The first-order valence-electron chi connectivity index (χ1n) is 7.52. The Morgan fingerprint density at radius 1 is 1.22 bits per heavy atom. The number of hydrogen-bond acceptors (Lipinski definition) is 4. The first-order valence-corrected chi connectivity index (χ1v) is 10.6. The van der Waals surface area contributed by atoms with Gasteiger partial charge in [-0.2, -0.15) is 13.1 Å². The van der Waals surface area contributed by atoms with Crippen molar-refractivity contribution < 1.29 is 16.8 Å². The van der Waals surface area contributed by atoms with Crippen molar-refractivity contribution in [1.82, 2.24) is 4.72 Å². The van der Waals surface area contributed by atoms with Crippen LogP contribution in [0.5, 0.6) is 0 Å². The Hall–Kier alpha value is -1.32. The van der Waals surface area contributed by atoms with Crippen LogP contribution >= 0.6 is 0 Å². The highest BCUT2D eigenvalue weighted by molar-refractivity contribution is 7.92. The van der Waals surface area contributed by atoms with E-state index in [1.807, 2.05) is 6.92 Å². The van der Waals surface area contributed by atoms with E-state index in [4.69, 9.17) is 0 Å². The Bertz CT molecular complexity index is 773. The zero-order valence-corrected chi connectivity index (χ0v) is 15.2. The molecule has 1 aliphatic heterocycles. The molecule has 23 heavy (non-hydrogen) atoms. The fraction of sp³-hybridized carbons (Fsp3) is 0.571. The number of benzene rings is 1. The van der Waals surface area contributed by atoms with Crippen LogP contribution in [0.4, 0.5) is 11.4 Å². The summed E-state index contributed by atoms with van der Waals surface area (Å²) in [7, 11) is -7.03. The molecule has 7 nitrogen and oxygen atoms in total. The minimum Gasteiger partial charge on any atom is -0.271 e. The molecule has 0 bridgehead atoms. The molecule has 0 aromatic heterocycles. The molecular formula is C14H23N3O4S2. The van der Waals surface area contributed by atoms with E-state index >= 15 is 0 Å². The van der Waals surface area contributed by atoms with E-state index in [1.54, 1.807) is 32.0 Å². The highest BCUT2D eigenvalue weighted by Gasteiger charge is 2.27. The number of nitrogens with one attached hydrogen (secondary N) is 2. The standard InChI is InChI=1S/C14H23N3O4S2/c1-11(2)15-23(20,21)16-13-7-6-12(3)14(10-13)17-8-4-5-9-22(17,18)19/h6-7,10-11,15-16H,4-5,8-9H2,1-3H3. The average Bonchev–Trinajstić information content (AvgIpc) is 2.39. The van der Waals surface area contributed by atoms with E-state index in [9.17, 15) is 16.8 Å². The van der Waals surface area contributed by atoms with Crippen molar-refractivity contribution in [1.29, 1.82) is 0 Å². The molecular weight excluding hydrogens is 338 g/mol. The molecule has 1 saturated heterocycles. The summed E-state index contributed by atoms with van der Waals surface area (Å²) in [6.45, 7) is 5.67. The van der Waals surface area contributed by atoms with E-state index < -0.39 is 20.2 Å². The SMILES string of the molecule is Cc1ccc(NS(=O)(=O)NC(C)C)cc1N1CCCCS1(=O)=O. The Kier molecular flexibility index (Phi) is 5.22. The lowest BCUT2D eigenvalue weighted by atomic mass is 10.1. The van der Waals surface area contributed by atoms with Gasteiger partial charge in [-0.1, -0.05) is 6.07 Å². The van der Waals surface area contributed by atoms with Gasteiger partial charge >= 0.3 is 0 Å². The van der Waals surface area contributed by atoms with Crippen LogP contribution in [0.1, 0.15) is 32.3 Å². The maximum absolute atomic E-state index is 12.3. The zero-order chi connectivity index (χ0) is 17.3. The molecule has 9 heteroatoms. The molecule has 2 N–H and O–H groups in total. The molecule has 1 heterocycles. The Labute approximate surface area is 138 Å². The van der Waals surface area contributed by atoms with E-state index in [1.165, 1.54) is 4.31 Å². The first-order chi connectivity index (χ1) is 10.6. The van der Waals surface area contributed by atoms with Gasteiger partial charge in [-0.15, -0.1) is 0 Å². The summed E-state index contributed by atoms with van der Waals surface area (Å²) in [5, 5.41) is 0. The summed E-state index contributed by atoms with van der Waals surface area (Å²) in [6, 6.07) is 4.67. The number of aryl methyl sites for hydroxylation is 1. The first kappa shape index (κ1) is 18.0. The molecule has 0 spiro atoms. The van der Waals surface area contributed by atoms with Gasteiger partial charge in [0.25, 0.3) is 10.2 Å². The highest BCUT2D eigenvalue weighted by atomic mass is 32.2. The molecule has 130 valence electrons. The van der Waals surface area contributed by atoms with Gasteiger partial charge in [-0.3, -0.25) is 9.03 Å². The lowest BCUT2D eigenvalue weighted by Gasteiger charge is -2.30. The summed E-state index contributed by atoms with van der Waals surface area (Å²) in [5.74, 6) is 0.122. The van der Waals surface area contributed by atoms with Gasteiger partial charge in [0.15, 0.2) is 0 Å². The minimum absolute atomic E-state index is 0.122. The minimum atomic E-state index is -3.69. The average molecular weight is 361 g/mol. The maximum atomic E-state index is 12.3. The van der Waals surface area contributed by atoms with Crippen LogP contribution in [0, 0.1) is 6.92 Å². The number of rotatable bonds is 5. The summed E-state index contributed by atoms with van der Waals surface area (Å²) in [4.78, 5) is 0. The predicted molar refractivity (Wildman–Crippen MR) is 92.4 cm³/mol. The van der Waals surface area contributed by atoms with E-state index in [-0.39, 0.29) is 11.8 Å². The van der Waals surface area contributed by atoms with Crippen molar-refractivity contribution in [2.24, 2.45) is 0 Å². The fourth-order valence-corrected chi connectivity index (χ4v) is 5.31. The van der Waals surface area contributed by atoms with Crippen LogP contribution in [0.3, 0.4) is 0 Å². The van der Waals surface area contributed by atoms with Crippen molar-refractivity contribution in [2.75, 3.05) is 21.3 Å². The molecule has 0 aliphatic carbocycles. The Morgan fingerprint density at radius 3 is 2.52 bits per heavy atom. The lowest BCUT2D eigenvalue weighted by Crippen LogP contribution is -2.38. The Morgan fingerprint density at radius 2 is 1.91 bits per heavy atom. The monoisotopic (exact) mass is 361 g/mol. The van der Waals surface area contributed by atoms with Crippen molar-refractivity contribution in [3.63, 3.8) is 0 Å². The van der Waals surface area contributed by atoms with Gasteiger partial charge < -0.3 is 0 Å². The van der Waals surface area contributed by atoms with Crippen molar-refractivity contribution in [3.8, 4) is 0 Å². The molecule has 1 aliphatic rings. The van der Waals surface area contributed by atoms with Crippen LogP contribution < -0.4 is 13.7 Å². The topological polar surface area (TPSA) is 95.6 Å². The summed E-state index contributed by atoms with van der Waals surface area (Å²) >= 11 is 0. The van der Waals surface area contributed by atoms with Crippen molar-refractivity contribution in [3.05, 3.63) is 23.8 Å². The third kappa shape index (κ3) is 4.58. The third-order valence-corrected chi connectivity index (χ3v) is 6.61. The molecule has 0 amide bonds. The highest BCUT2D eigenvalue weighted by Crippen LogP contribution is 2.29. The number of nitrogens with zero attached hydrogens (tertiary/aromatic N) is 1. The quantitative estimate of drug-likeness (QED) is 0.832. The molecule has 1 fully saturated rings. The molecule has 2 rings (SSSR count). The summed E-state index contributed by atoms with van der Waals surface area (Å²) in [6.07, 6.45) is 1.45. The number of hydrogen-bond donors (Lipinski definition) is 2. The van der Waals surface area contributed by atoms with Gasteiger partial charge in [0.1, 0.15) is 0 Å². The maximum Gasteiger partial charge on any atom is 0.299 e. The smallest absolute Gasteiger partial charge is 0.271 e. The Balaban J connectivity index is 2.33. The van der Waals surface area contributed by atoms with Crippen LogP contribution in [0.15, 0.2) is 18.2 Å². The third-order valence-electron chi connectivity index (χ3n) is 3.47. The second-order valence-electron chi connectivity index (χ2n) is 5.97. The molecule has 0 saturated carbocycles. The van der Waals surface area contributed by atoms with Gasteiger partial charge in [0.05, 0.1) is 17.1 Å². The van der Waals surface area contributed by atoms with Crippen molar-refractivity contribution in [2.45, 2.75) is 39.7 Å². The van der Waals surface area contributed by atoms with Crippen LogP contribution in [0.25, 0.3) is 0 Å². The number of anilines is 2. The van der Waals surface area contributed by atoms with Gasteiger partial charge in [0, 0.05) is 12.6 Å². The predicted octanol–water partition coefficient (Wildman–Crippen LogP) is 1.58. The van der Waals surface area contributed by atoms with Gasteiger partial charge in [-0.05, 0) is 51.3 Å². The molecule has 1 aromatic rings. The van der Waals surface area contributed by atoms with Crippen LogP contribution in [-0.2, 0) is 20.2 Å². The molecule has 0 radical (unpaired) electrons. The van der Waals surface area contributed by atoms with E-state index in [0.29, 0.717) is 24.3 Å². The van der Waals surface area contributed by atoms with Crippen LogP contribution in [-0.4, -0.2) is 35.2 Å². The molecule has 0 unspecified atom stereocenters. The van der Waals surface area contributed by atoms with E-state index in [0.717, 1.165) is 12.0 Å². The number of sulfonamides is 1. The second-order valence-corrected chi connectivity index (χ2v) is 9.43.